The van der Waals surface area contributed by atoms with Gasteiger partial charge >= 0.3 is 0 Å². The summed E-state index contributed by atoms with van der Waals surface area (Å²) in [6, 6.07) is 5.68. The number of hydrogen-bond donors (Lipinski definition) is 1. The van der Waals surface area contributed by atoms with Gasteiger partial charge in [-0.15, -0.1) is 0 Å². The lowest BCUT2D eigenvalue weighted by Gasteiger charge is -2.36. The summed E-state index contributed by atoms with van der Waals surface area (Å²) in [4.78, 5) is 0. The number of hydrogen-bond acceptors (Lipinski definition) is 2. The van der Waals surface area contributed by atoms with Gasteiger partial charge in [-0.3, -0.25) is 0 Å². The van der Waals surface area contributed by atoms with E-state index in [-0.39, 0.29) is 17.6 Å². The molecular weight excluding hydrogens is 269 g/mol. The third kappa shape index (κ3) is 3.39. The van der Waals surface area contributed by atoms with Crippen molar-refractivity contribution in [2.24, 2.45) is 5.41 Å². The lowest BCUT2D eigenvalue weighted by Crippen LogP contribution is -2.40. The van der Waals surface area contributed by atoms with Gasteiger partial charge in [-0.05, 0) is 24.1 Å². The third-order valence-electron chi connectivity index (χ3n) is 3.04. The minimum absolute atomic E-state index is 0.00111. The molecule has 102 valence electrons. The van der Waals surface area contributed by atoms with Crippen molar-refractivity contribution in [2.45, 2.75) is 32.9 Å². The van der Waals surface area contributed by atoms with Crippen molar-refractivity contribution in [2.75, 3.05) is 14.2 Å². The largest absolute Gasteiger partial charge is 0.379 e. The van der Waals surface area contributed by atoms with Crippen LogP contribution < -0.4 is 5.32 Å². The van der Waals surface area contributed by atoms with Crippen molar-refractivity contribution in [3.8, 4) is 0 Å². The van der Waals surface area contributed by atoms with Crippen LogP contribution in [0.25, 0.3) is 0 Å². The highest BCUT2D eigenvalue weighted by atomic mass is 35.5. The Kier molecular flexibility index (Phi) is 5.47. The van der Waals surface area contributed by atoms with Crippen LogP contribution in [0.2, 0.25) is 10.0 Å². The zero-order chi connectivity index (χ0) is 13.9. The molecule has 1 rings (SSSR count). The molecule has 1 N–H and O–H groups in total. The predicted octanol–water partition coefficient (Wildman–Crippen LogP) is 4.32. The number of ether oxygens (including phenoxy) is 1. The molecule has 0 amide bonds. The molecule has 0 aliphatic heterocycles. The fourth-order valence-corrected chi connectivity index (χ4v) is 2.65. The highest BCUT2D eigenvalue weighted by Crippen LogP contribution is 2.37. The van der Waals surface area contributed by atoms with Crippen LogP contribution >= 0.6 is 23.2 Å². The molecule has 0 aromatic heterocycles. The van der Waals surface area contributed by atoms with Gasteiger partial charge in [0.2, 0.25) is 0 Å². The van der Waals surface area contributed by atoms with Gasteiger partial charge in [0.15, 0.2) is 0 Å². The van der Waals surface area contributed by atoms with Crippen molar-refractivity contribution in [3.63, 3.8) is 0 Å². The number of nitrogens with one attached hydrogen (secondary N) is 1. The summed E-state index contributed by atoms with van der Waals surface area (Å²) < 4.78 is 5.65. The maximum absolute atomic E-state index is 6.29. The summed E-state index contributed by atoms with van der Waals surface area (Å²) in [6.07, 6.45) is -0.00142. The van der Waals surface area contributed by atoms with E-state index in [2.05, 4.69) is 26.1 Å². The molecule has 1 aromatic rings. The average Bonchev–Trinajstić information content (AvgIpc) is 2.28. The van der Waals surface area contributed by atoms with Gasteiger partial charge in [0.25, 0.3) is 0 Å². The molecule has 1 aromatic carbocycles. The zero-order valence-electron chi connectivity index (χ0n) is 11.6. The van der Waals surface area contributed by atoms with E-state index in [0.717, 1.165) is 5.56 Å². The first-order valence-electron chi connectivity index (χ1n) is 5.97. The van der Waals surface area contributed by atoms with E-state index in [0.29, 0.717) is 10.0 Å². The van der Waals surface area contributed by atoms with Crippen LogP contribution in [0.3, 0.4) is 0 Å². The molecule has 0 heterocycles. The molecule has 2 atom stereocenters. The van der Waals surface area contributed by atoms with Crippen molar-refractivity contribution >= 4 is 23.2 Å². The normalized spacial score (nSPS) is 15.5. The van der Waals surface area contributed by atoms with Gasteiger partial charge < -0.3 is 10.1 Å². The molecule has 4 heteroatoms. The lowest BCUT2D eigenvalue weighted by molar-refractivity contribution is -0.0101. The zero-order valence-corrected chi connectivity index (χ0v) is 13.1. The average molecular weight is 290 g/mol. The van der Waals surface area contributed by atoms with E-state index in [1.54, 1.807) is 13.2 Å². The van der Waals surface area contributed by atoms with Gasteiger partial charge in [-0.2, -0.15) is 0 Å². The monoisotopic (exact) mass is 289 g/mol. The Bertz CT molecular complexity index is 401. The van der Waals surface area contributed by atoms with Crippen LogP contribution in [0.1, 0.15) is 32.4 Å². The van der Waals surface area contributed by atoms with Gasteiger partial charge in [0, 0.05) is 7.11 Å². The van der Waals surface area contributed by atoms with Crippen molar-refractivity contribution < 1.29 is 4.74 Å². The Morgan fingerprint density at radius 3 is 2.28 bits per heavy atom. The minimum Gasteiger partial charge on any atom is -0.379 e. The fourth-order valence-electron chi connectivity index (χ4n) is 2.22. The van der Waals surface area contributed by atoms with Gasteiger partial charge in [0.05, 0.1) is 22.2 Å². The second-order valence-corrected chi connectivity index (χ2v) is 6.22. The molecule has 0 bridgehead atoms. The molecule has 0 spiro atoms. The van der Waals surface area contributed by atoms with Crippen LogP contribution in [0.5, 0.6) is 0 Å². The molecule has 2 unspecified atom stereocenters. The Morgan fingerprint density at radius 2 is 1.83 bits per heavy atom. The van der Waals surface area contributed by atoms with E-state index in [9.17, 15) is 0 Å². The first-order chi connectivity index (χ1) is 8.32. The highest BCUT2D eigenvalue weighted by molar-refractivity contribution is 6.42. The highest BCUT2D eigenvalue weighted by Gasteiger charge is 2.33. The number of benzene rings is 1. The van der Waals surface area contributed by atoms with Crippen LogP contribution in [-0.2, 0) is 4.74 Å². The molecule has 0 aliphatic carbocycles. The number of rotatable bonds is 4. The summed E-state index contributed by atoms with van der Waals surface area (Å²) in [5, 5.41) is 4.43. The van der Waals surface area contributed by atoms with Gasteiger partial charge in [0.1, 0.15) is 0 Å². The van der Waals surface area contributed by atoms with Crippen LogP contribution in [0, 0.1) is 5.41 Å². The van der Waals surface area contributed by atoms with Crippen molar-refractivity contribution in [1.82, 2.24) is 5.32 Å². The van der Waals surface area contributed by atoms with Crippen molar-refractivity contribution in [3.05, 3.63) is 33.8 Å². The maximum atomic E-state index is 6.29. The second kappa shape index (κ2) is 6.25. The fraction of sp³-hybridized carbons (Fsp3) is 0.571. The summed E-state index contributed by atoms with van der Waals surface area (Å²) in [5.74, 6) is 0. The van der Waals surface area contributed by atoms with Gasteiger partial charge in [-0.25, -0.2) is 0 Å². The molecule has 0 aliphatic rings. The summed E-state index contributed by atoms with van der Waals surface area (Å²) in [6.45, 7) is 6.43. The van der Waals surface area contributed by atoms with E-state index < -0.39 is 0 Å². The molecular formula is C14H21Cl2NO. The molecule has 0 radical (unpaired) electrons. The maximum Gasteiger partial charge on any atom is 0.0814 e. The van der Waals surface area contributed by atoms with Crippen LogP contribution in [0.4, 0.5) is 0 Å². The Hall–Kier alpha value is -0.280. The molecule has 0 fully saturated rings. The Balaban J connectivity index is 3.20. The number of likely N-dealkylation sites (N-methyl/N-ethyl adjacent to an activating group) is 1. The van der Waals surface area contributed by atoms with Gasteiger partial charge in [-0.1, -0.05) is 56.1 Å². The summed E-state index contributed by atoms with van der Waals surface area (Å²) >= 11 is 12.4. The number of methoxy groups -OCH3 is 1. The first kappa shape index (κ1) is 15.8. The first-order valence-corrected chi connectivity index (χ1v) is 6.72. The third-order valence-corrected chi connectivity index (χ3v) is 3.87. The quantitative estimate of drug-likeness (QED) is 0.892. The molecule has 0 saturated heterocycles. The van der Waals surface area contributed by atoms with E-state index in [1.165, 1.54) is 0 Å². The van der Waals surface area contributed by atoms with E-state index in [1.807, 2.05) is 19.2 Å². The topological polar surface area (TPSA) is 21.3 Å². The smallest absolute Gasteiger partial charge is 0.0814 e. The molecule has 18 heavy (non-hydrogen) atoms. The Labute approximate surface area is 120 Å². The summed E-state index contributed by atoms with van der Waals surface area (Å²) in [7, 11) is 3.62. The van der Waals surface area contributed by atoms with E-state index >= 15 is 0 Å². The Morgan fingerprint density at radius 1 is 1.22 bits per heavy atom. The van der Waals surface area contributed by atoms with Crippen molar-refractivity contribution in [1.29, 1.82) is 0 Å². The molecule has 0 saturated carbocycles. The lowest BCUT2D eigenvalue weighted by atomic mass is 9.82. The predicted molar refractivity (Wildman–Crippen MR) is 78.5 cm³/mol. The SMILES string of the molecule is CNC(c1cccc(Cl)c1Cl)C(OC)C(C)(C)C. The second-order valence-electron chi connectivity index (χ2n) is 5.43. The van der Waals surface area contributed by atoms with Crippen LogP contribution in [0.15, 0.2) is 18.2 Å². The minimum atomic E-state index is -0.00588. The molecule has 2 nitrogen and oxygen atoms in total. The number of halogens is 2. The van der Waals surface area contributed by atoms with E-state index in [4.69, 9.17) is 27.9 Å². The summed E-state index contributed by atoms with van der Waals surface area (Å²) in [5.41, 5.74) is 0.960. The van der Waals surface area contributed by atoms with Crippen LogP contribution in [-0.4, -0.2) is 20.3 Å². The standard InChI is InChI=1S/C14H21Cl2NO/c1-14(2,3)13(18-5)12(17-4)9-7-6-8-10(15)11(9)16/h6-8,12-13,17H,1-5H3.